The smallest absolute Gasteiger partial charge is 0.340 e. The summed E-state index contributed by atoms with van der Waals surface area (Å²) in [7, 11) is -8.12. The van der Waals surface area contributed by atoms with Gasteiger partial charge in [0, 0.05) is 16.7 Å². The van der Waals surface area contributed by atoms with Crippen LogP contribution in [0.3, 0.4) is 0 Å². The van der Waals surface area contributed by atoms with Crippen LogP contribution in [0.2, 0.25) is 0 Å². The molecule has 0 aromatic heterocycles. The number of rotatable bonds is 8. The van der Waals surface area contributed by atoms with Gasteiger partial charge in [0.05, 0.1) is 5.56 Å². The molecule has 8 nitrogen and oxygen atoms in total. The fourth-order valence-electron chi connectivity index (χ4n) is 4.83. The van der Waals surface area contributed by atoms with Crippen LogP contribution < -0.4 is 8.37 Å². The number of hydrogen-bond acceptors (Lipinski definition) is 8. The van der Waals surface area contributed by atoms with Crippen LogP contribution in [-0.2, 0) is 30.6 Å². The van der Waals surface area contributed by atoms with Crippen LogP contribution in [0.5, 0.6) is 11.5 Å². The second-order valence-electron chi connectivity index (χ2n) is 9.37. The van der Waals surface area contributed by atoms with Crippen molar-refractivity contribution in [3.05, 3.63) is 156 Å². The first-order valence-electron chi connectivity index (χ1n) is 12.7. The van der Waals surface area contributed by atoms with Crippen molar-refractivity contribution < 1.29 is 34.7 Å². The summed E-state index contributed by atoms with van der Waals surface area (Å²) in [5.41, 5.74) is 0.593. The molecule has 0 saturated carbocycles. The second kappa shape index (κ2) is 10.5. The highest BCUT2D eigenvalue weighted by Gasteiger charge is 2.48. The molecule has 0 atom stereocenters. The molecule has 1 heterocycles. The number of ether oxygens (including phenoxy) is 1. The highest BCUT2D eigenvalue weighted by molar-refractivity contribution is 7.87. The van der Waals surface area contributed by atoms with Gasteiger partial charge < -0.3 is 13.1 Å². The van der Waals surface area contributed by atoms with Crippen LogP contribution in [0, 0.1) is 0 Å². The van der Waals surface area contributed by atoms with Crippen LogP contribution in [-0.4, -0.2) is 22.8 Å². The number of carbonyl (C=O) groups excluding carboxylic acids is 1. The van der Waals surface area contributed by atoms with E-state index in [1.807, 2.05) is 0 Å². The van der Waals surface area contributed by atoms with Gasteiger partial charge in [-0.2, -0.15) is 16.8 Å². The summed E-state index contributed by atoms with van der Waals surface area (Å²) >= 11 is 0. The van der Waals surface area contributed by atoms with Crippen molar-refractivity contribution in [3.63, 3.8) is 0 Å². The number of hydrogen-bond donors (Lipinski definition) is 0. The van der Waals surface area contributed by atoms with E-state index in [0.717, 1.165) is 0 Å². The average molecular weight is 599 g/mol. The van der Waals surface area contributed by atoms with Gasteiger partial charge in [0.15, 0.2) is 5.60 Å². The number of esters is 1. The Morgan fingerprint density at radius 1 is 0.500 bits per heavy atom. The number of cyclic esters (lactones) is 1. The van der Waals surface area contributed by atoms with Gasteiger partial charge in [-0.05, 0) is 54.6 Å². The summed E-state index contributed by atoms with van der Waals surface area (Å²) < 4.78 is 67.5. The molecule has 0 fully saturated rings. The van der Waals surface area contributed by atoms with Gasteiger partial charge in [-0.25, -0.2) is 4.79 Å². The van der Waals surface area contributed by atoms with Gasteiger partial charge >= 0.3 is 26.2 Å². The third-order valence-electron chi connectivity index (χ3n) is 6.77. The first kappa shape index (κ1) is 27.3. The Morgan fingerprint density at radius 2 is 0.905 bits per heavy atom. The second-order valence-corrected chi connectivity index (χ2v) is 12.5. The summed E-state index contributed by atoms with van der Waals surface area (Å²) in [5.74, 6) is -0.389. The molecule has 210 valence electrons. The Morgan fingerprint density at radius 3 is 1.36 bits per heavy atom. The van der Waals surface area contributed by atoms with Gasteiger partial charge in [0.2, 0.25) is 0 Å². The molecular weight excluding hydrogens is 576 g/mol. The molecule has 0 saturated heterocycles. The lowest BCUT2D eigenvalue weighted by Crippen LogP contribution is -2.29. The zero-order chi connectivity index (χ0) is 29.4. The molecule has 0 amide bonds. The normalized spacial score (nSPS) is 14.0. The van der Waals surface area contributed by atoms with Crippen molar-refractivity contribution in [2.45, 2.75) is 15.4 Å². The quantitative estimate of drug-likeness (QED) is 0.166. The fraction of sp³-hybridized carbons (Fsp3) is 0.0312. The summed E-state index contributed by atoms with van der Waals surface area (Å²) in [5, 5.41) is 0. The summed E-state index contributed by atoms with van der Waals surface area (Å²) in [6, 6.07) is 34.9. The highest BCUT2D eigenvalue weighted by Crippen LogP contribution is 2.47. The Bertz CT molecular complexity index is 1860. The van der Waals surface area contributed by atoms with Gasteiger partial charge in [0.1, 0.15) is 21.3 Å². The van der Waals surface area contributed by atoms with Crippen LogP contribution in [0.25, 0.3) is 0 Å². The van der Waals surface area contributed by atoms with Gasteiger partial charge in [-0.3, -0.25) is 0 Å². The SMILES string of the molecule is O=C1OC(c2ccc(OS(=O)(=O)c3ccccc3)cc2)(c2ccc(OS(=O)(=O)c3ccccc3)cc2)c2ccccc21. The highest BCUT2D eigenvalue weighted by atomic mass is 32.2. The molecule has 5 aromatic carbocycles. The van der Waals surface area contributed by atoms with Crippen molar-refractivity contribution in [1.29, 1.82) is 0 Å². The molecule has 1 aliphatic rings. The molecule has 42 heavy (non-hydrogen) atoms. The van der Waals surface area contributed by atoms with E-state index in [2.05, 4.69) is 0 Å². The van der Waals surface area contributed by atoms with Gasteiger partial charge in [0.25, 0.3) is 0 Å². The predicted molar refractivity (Wildman–Crippen MR) is 153 cm³/mol. The molecule has 0 aliphatic carbocycles. The standard InChI is InChI=1S/C32H22O8S2/c33-31-29-13-7-8-14-30(29)32(38-31,23-15-19-25(20-16-23)39-41(34,35)27-9-3-1-4-10-27)24-17-21-26(22-18-24)40-42(36,37)28-11-5-2-6-12-28/h1-22H. The Labute approximate surface area is 243 Å². The zero-order valence-corrected chi connectivity index (χ0v) is 23.4. The van der Waals surface area contributed by atoms with Gasteiger partial charge in [-0.15, -0.1) is 0 Å². The maximum Gasteiger partial charge on any atom is 0.340 e. The molecule has 0 spiro atoms. The number of fused-ring (bicyclic) bond motifs is 1. The monoisotopic (exact) mass is 598 g/mol. The average Bonchev–Trinajstić information content (AvgIpc) is 3.31. The predicted octanol–water partition coefficient (Wildman–Crippen LogP) is 5.68. The molecule has 5 aromatic rings. The molecule has 0 radical (unpaired) electrons. The molecule has 10 heteroatoms. The third kappa shape index (κ3) is 4.91. The maximum atomic E-state index is 13.0. The number of carbonyl (C=O) groups is 1. The largest absolute Gasteiger partial charge is 0.441 e. The van der Waals surface area contributed by atoms with E-state index < -0.39 is 31.8 Å². The van der Waals surface area contributed by atoms with Crippen molar-refractivity contribution in [1.82, 2.24) is 0 Å². The lowest BCUT2D eigenvalue weighted by molar-refractivity contribution is 0.0251. The number of benzene rings is 5. The molecular formula is C32H22O8S2. The topological polar surface area (TPSA) is 113 Å². The van der Waals surface area contributed by atoms with E-state index in [1.54, 1.807) is 84.9 Å². The van der Waals surface area contributed by atoms with Crippen LogP contribution in [0.15, 0.2) is 143 Å². The van der Waals surface area contributed by atoms with Crippen molar-refractivity contribution in [2.24, 2.45) is 0 Å². The minimum Gasteiger partial charge on any atom is -0.441 e. The van der Waals surface area contributed by atoms with E-state index in [9.17, 15) is 21.6 Å². The summed E-state index contributed by atoms with van der Waals surface area (Å²) in [6.07, 6.45) is 0. The molecule has 6 rings (SSSR count). The Balaban J connectivity index is 1.37. The summed E-state index contributed by atoms with van der Waals surface area (Å²) in [6.45, 7) is 0. The Hall–Kier alpha value is -4.93. The first-order valence-corrected chi connectivity index (χ1v) is 15.5. The van der Waals surface area contributed by atoms with E-state index in [0.29, 0.717) is 22.3 Å². The van der Waals surface area contributed by atoms with Crippen LogP contribution in [0.4, 0.5) is 0 Å². The van der Waals surface area contributed by atoms with E-state index >= 15 is 0 Å². The zero-order valence-electron chi connectivity index (χ0n) is 21.8. The van der Waals surface area contributed by atoms with Crippen LogP contribution >= 0.6 is 0 Å². The molecule has 0 N–H and O–H groups in total. The molecule has 0 bridgehead atoms. The lowest BCUT2D eigenvalue weighted by Gasteiger charge is -2.30. The first-order chi connectivity index (χ1) is 20.2. The molecule has 0 unspecified atom stereocenters. The molecule has 1 aliphatic heterocycles. The van der Waals surface area contributed by atoms with E-state index in [1.165, 1.54) is 48.5 Å². The third-order valence-corrected chi connectivity index (χ3v) is 9.29. The van der Waals surface area contributed by atoms with Crippen molar-refractivity contribution >= 4 is 26.2 Å². The maximum absolute atomic E-state index is 13.0. The summed E-state index contributed by atoms with van der Waals surface area (Å²) in [4.78, 5) is 13.0. The van der Waals surface area contributed by atoms with E-state index in [-0.39, 0.29) is 21.3 Å². The Kier molecular flexibility index (Phi) is 6.80. The van der Waals surface area contributed by atoms with Crippen molar-refractivity contribution in [2.75, 3.05) is 0 Å². The van der Waals surface area contributed by atoms with Crippen molar-refractivity contribution in [3.8, 4) is 11.5 Å². The fourth-order valence-corrected chi connectivity index (χ4v) is 6.73. The van der Waals surface area contributed by atoms with Gasteiger partial charge in [-0.1, -0.05) is 78.9 Å². The van der Waals surface area contributed by atoms with E-state index in [4.69, 9.17) is 13.1 Å². The minimum atomic E-state index is -4.06. The van der Waals surface area contributed by atoms with Crippen LogP contribution in [0.1, 0.15) is 27.0 Å². The lowest BCUT2D eigenvalue weighted by atomic mass is 9.80. The minimum absolute atomic E-state index is 0.0146.